The molecule has 0 spiro atoms. The summed E-state index contributed by atoms with van der Waals surface area (Å²) in [5, 5.41) is 2.34. The van der Waals surface area contributed by atoms with E-state index in [9.17, 15) is 42.7 Å². The lowest BCUT2D eigenvalue weighted by Crippen LogP contribution is -2.25. The van der Waals surface area contributed by atoms with Gasteiger partial charge in [0.15, 0.2) is 23.1 Å². The molecule has 27 heteroatoms. The Bertz CT molecular complexity index is 5210. The SMILES string of the molecule is CCC(=O)N(C)c1ccc(-c2ccc(C(=O)CCc3ccc(C)nc3)nc2)cc1Cl.CCC(=O)N(C)c1ccc(-c2ccc(C(=O)CCc3ccc(Cl)nc3)nc2)cc1Cl.CCC(=O)N(C)c1ccc(-c2ccc(C(=O)CCc3ccc(F)nc3)nc2)cc1Cl.CCC(=O)N(C)c1ccc(-c2ccc(C(=O)CCc3cccnc3OC)nc2)cc1Cl. The van der Waals surface area contributed by atoms with Crippen molar-refractivity contribution in [3.8, 4) is 50.4 Å². The molecular weight excluding hydrogens is 1640 g/mol. The molecule has 0 radical (unpaired) electrons. The number of aryl methyl sites for hydroxylation is 5. The Morgan fingerprint density at radius 3 is 0.909 bits per heavy atom. The summed E-state index contributed by atoms with van der Waals surface area (Å²) in [6, 6.07) is 50.2. The van der Waals surface area contributed by atoms with Gasteiger partial charge in [0.1, 0.15) is 27.9 Å². The molecule has 0 aliphatic heterocycles. The van der Waals surface area contributed by atoms with E-state index < -0.39 is 5.95 Å². The van der Waals surface area contributed by atoms with Crippen LogP contribution in [0.15, 0.2) is 219 Å². The van der Waals surface area contributed by atoms with E-state index in [1.807, 2.05) is 125 Å². The molecule has 0 saturated heterocycles. The monoisotopic (exact) mass is 1720 g/mol. The number of carbonyl (C=O) groups excluding carboxylic acids is 8. The second-order valence-electron chi connectivity index (χ2n) is 27.8. The van der Waals surface area contributed by atoms with E-state index >= 15 is 0 Å². The van der Waals surface area contributed by atoms with Crippen LogP contribution in [0.25, 0.3) is 44.5 Å². The second kappa shape index (κ2) is 45.3. The number of ketones is 4. The van der Waals surface area contributed by atoms with Gasteiger partial charge in [-0.25, -0.2) is 15.0 Å². The molecule has 0 atom stereocenters. The number of rotatable bonds is 29. The fraction of sp³-hybridized carbons (Fsp3) is 0.234. The topological polar surface area (TPSA) is 262 Å². The summed E-state index contributed by atoms with van der Waals surface area (Å²) in [6.45, 7) is 9.16. The number of amides is 4. The molecule has 12 rings (SSSR count). The van der Waals surface area contributed by atoms with Gasteiger partial charge in [-0.1, -0.05) is 158 Å². The highest BCUT2D eigenvalue weighted by Crippen LogP contribution is 2.36. The minimum absolute atomic E-state index is 0.00407. The molecule has 0 saturated carbocycles. The third-order valence-corrected chi connectivity index (χ3v) is 21.0. The molecule has 121 heavy (non-hydrogen) atoms. The predicted octanol–water partition coefficient (Wildman–Crippen LogP) is 21.1. The van der Waals surface area contributed by atoms with Crippen LogP contribution in [0.3, 0.4) is 0 Å². The Labute approximate surface area is 728 Å². The number of methoxy groups -OCH3 is 1. The molecule has 8 heterocycles. The lowest BCUT2D eigenvalue weighted by molar-refractivity contribution is -0.118. The van der Waals surface area contributed by atoms with Gasteiger partial charge in [-0.15, -0.1) is 0 Å². The van der Waals surface area contributed by atoms with Crippen molar-refractivity contribution in [2.75, 3.05) is 54.9 Å². The molecular formula is C94H90Cl5FN12O9. The highest BCUT2D eigenvalue weighted by molar-refractivity contribution is 6.35. The summed E-state index contributed by atoms with van der Waals surface area (Å²) in [4.78, 5) is 137. The number of halogens is 6. The summed E-state index contributed by atoms with van der Waals surface area (Å²) in [5.74, 6) is -0.249. The van der Waals surface area contributed by atoms with Crippen molar-refractivity contribution in [1.82, 2.24) is 39.9 Å². The quantitative estimate of drug-likeness (QED) is 0.0311. The largest absolute Gasteiger partial charge is 0.481 e. The zero-order chi connectivity index (χ0) is 87.4. The van der Waals surface area contributed by atoms with Crippen LogP contribution in [0.5, 0.6) is 5.88 Å². The van der Waals surface area contributed by atoms with Gasteiger partial charge in [0.25, 0.3) is 0 Å². The van der Waals surface area contributed by atoms with E-state index in [4.69, 9.17) is 62.7 Å². The molecule has 0 bridgehead atoms. The van der Waals surface area contributed by atoms with E-state index in [0.29, 0.717) is 147 Å². The average Bonchev–Trinajstić information content (AvgIpc) is 0.828. The first kappa shape index (κ1) is 92.7. The summed E-state index contributed by atoms with van der Waals surface area (Å²) < 4.78 is 18.1. The van der Waals surface area contributed by atoms with Gasteiger partial charge in [0.05, 0.1) is 49.9 Å². The minimum Gasteiger partial charge on any atom is -0.481 e. The Balaban J connectivity index is 0.000000183. The first-order valence-electron chi connectivity index (χ1n) is 38.9. The molecule has 0 fully saturated rings. The molecule has 0 N–H and O–H groups in total. The Morgan fingerprint density at radius 2 is 0.645 bits per heavy atom. The molecule has 21 nitrogen and oxygen atoms in total. The van der Waals surface area contributed by atoms with Crippen molar-refractivity contribution >= 4 is 128 Å². The Morgan fingerprint density at radius 1 is 0.339 bits per heavy atom. The highest BCUT2D eigenvalue weighted by Gasteiger charge is 2.21. The van der Waals surface area contributed by atoms with E-state index in [1.54, 1.807) is 167 Å². The predicted molar refractivity (Wildman–Crippen MR) is 477 cm³/mol. The molecule has 0 aliphatic rings. The molecule has 0 aliphatic carbocycles. The van der Waals surface area contributed by atoms with E-state index in [-0.39, 0.29) is 53.2 Å². The number of hydrogen-bond acceptors (Lipinski definition) is 17. The van der Waals surface area contributed by atoms with Crippen LogP contribution in [0.2, 0.25) is 25.2 Å². The fourth-order valence-corrected chi connectivity index (χ4v) is 13.7. The standard InChI is InChI=1S/C24H24ClN3O3.C24H24ClN3O2.C23H21Cl2N3O2.C23H21ClFN3O2/c1-4-23(30)28(2)21-11-8-17(14-19(21)25)18-7-10-20(27-15-18)22(29)12-9-16-6-5-13-26-24(16)31-3;1-4-24(30)28(3)22-11-9-18(13-20(22)25)19-8-10-21(27-15-19)23(29)12-7-17-6-5-16(2)26-14-17;2*1-3-23(30)28(2)20-9-7-16(12-18(20)24)17-6-8-19(26-14-17)21(29)10-4-15-5-11-22(25)27-13-15/h5-8,10-11,13-15H,4,9,12H2,1-3H3;5-6,8-11,13-15H,4,7,12H2,1-3H3;2*5-9,11-14H,3-4,10H2,1-2H3. The van der Waals surface area contributed by atoms with Gasteiger partial charge in [-0.2, -0.15) is 4.39 Å². The average molecular weight is 1730 g/mol. The van der Waals surface area contributed by atoms with Crippen LogP contribution in [0.1, 0.15) is 149 Å². The van der Waals surface area contributed by atoms with Gasteiger partial charge in [-0.05, 0) is 169 Å². The highest BCUT2D eigenvalue weighted by atomic mass is 35.5. The van der Waals surface area contributed by atoms with Crippen molar-refractivity contribution in [2.45, 2.75) is 112 Å². The van der Waals surface area contributed by atoms with Crippen LogP contribution in [0, 0.1) is 12.9 Å². The molecule has 8 aromatic heterocycles. The number of ether oxygens (including phenoxy) is 1. The van der Waals surface area contributed by atoms with Crippen molar-refractivity contribution in [2.24, 2.45) is 0 Å². The summed E-state index contributed by atoms with van der Waals surface area (Å²) >= 11 is 31.3. The van der Waals surface area contributed by atoms with Gasteiger partial charge in [0.2, 0.25) is 35.5 Å². The van der Waals surface area contributed by atoms with Crippen molar-refractivity contribution in [1.29, 1.82) is 0 Å². The Hall–Kier alpha value is -12.2. The van der Waals surface area contributed by atoms with Gasteiger partial charge < -0.3 is 24.3 Å². The van der Waals surface area contributed by atoms with Crippen LogP contribution in [-0.4, -0.2) is 122 Å². The second-order valence-corrected chi connectivity index (χ2v) is 29.8. The van der Waals surface area contributed by atoms with Crippen LogP contribution in [-0.2, 0) is 44.9 Å². The molecule has 622 valence electrons. The fourth-order valence-electron chi connectivity index (χ4n) is 12.3. The van der Waals surface area contributed by atoms with Crippen LogP contribution >= 0.6 is 58.0 Å². The number of anilines is 4. The summed E-state index contributed by atoms with van der Waals surface area (Å²) in [7, 11) is 8.37. The third-order valence-electron chi connectivity index (χ3n) is 19.6. The molecule has 12 aromatic rings. The normalized spacial score (nSPS) is 10.6. The number of hydrogen-bond donors (Lipinski definition) is 0. The van der Waals surface area contributed by atoms with Gasteiger partial charge in [0, 0.05) is 163 Å². The summed E-state index contributed by atoms with van der Waals surface area (Å²) in [6.07, 6.45) is 18.3. The maximum absolute atomic E-state index is 12.9. The number of benzene rings is 4. The van der Waals surface area contributed by atoms with Crippen molar-refractivity contribution < 1.29 is 47.5 Å². The first-order valence-corrected chi connectivity index (χ1v) is 40.8. The van der Waals surface area contributed by atoms with Crippen LogP contribution < -0.4 is 24.3 Å². The van der Waals surface area contributed by atoms with Crippen molar-refractivity contribution in [3.05, 3.63) is 301 Å². The first-order chi connectivity index (χ1) is 58.1. The van der Waals surface area contributed by atoms with E-state index in [2.05, 4.69) is 39.9 Å². The number of pyridine rings is 8. The zero-order valence-corrected chi connectivity index (χ0v) is 72.4. The molecule has 4 aromatic carbocycles. The number of nitrogens with zero attached hydrogens (tertiary/aromatic N) is 12. The molecule has 4 amide bonds. The number of aromatic nitrogens is 8. The maximum Gasteiger partial charge on any atom is 0.226 e. The van der Waals surface area contributed by atoms with Crippen molar-refractivity contribution in [3.63, 3.8) is 0 Å². The van der Waals surface area contributed by atoms with Gasteiger partial charge >= 0.3 is 0 Å². The van der Waals surface area contributed by atoms with E-state index in [1.165, 1.54) is 17.2 Å². The lowest BCUT2D eigenvalue weighted by atomic mass is 10.0. The Kier molecular flexibility index (Phi) is 34.7. The number of Topliss-reactive ketones (excluding diaryl/α,β-unsaturated/α-hetero) is 4. The smallest absolute Gasteiger partial charge is 0.226 e. The molecule has 0 unspecified atom stereocenters. The van der Waals surface area contributed by atoms with Crippen LogP contribution in [0.4, 0.5) is 27.1 Å². The number of carbonyl (C=O) groups is 8. The lowest BCUT2D eigenvalue weighted by Gasteiger charge is -2.18. The summed E-state index contributed by atoms with van der Waals surface area (Å²) in [5.41, 5.74) is 15.6. The maximum atomic E-state index is 12.9. The zero-order valence-electron chi connectivity index (χ0n) is 68.6. The van der Waals surface area contributed by atoms with E-state index in [0.717, 1.165) is 72.5 Å². The third kappa shape index (κ3) is 26.2. The van der Waals surface area contributed by atoms with Gasteiger partial charge in [-0.3, -0.25) is 63.3 Å². The minimum atomic E-state index is -0.543.